The Morgan fingerprint density at radius 3 is 2.79 bits per heavy atom. The second-order valence-electron chi connectivity index (χ2n) is 2.56. The number of nitrogens with zero attached hydrogens (tertiary/aromatic N) is 4. The van der Waals surface area contributed by atoms with Crippen molar-refractivity contribution in [3.63, 3.8) is 0 Å². The zero-order chi connectivity index (χ0) is 10.8. The number of hydrogen-bond acceptors (Lipinski definition) is 5. The molecule has 0 fully saturated rings. The van der Waals surface area contributed by atoms with Crippen molar-refractivity contribution in [2.45, 2.75) is 12.5 Å². The van der Waals surface area contributed by atoms with Gasteiger partial charge in [-0.1, -0.05) is 4.98 Å². The van der Waals surface area contributed by atoms with Gasteiger partial charge in [-0.15, -0.1) is 0 Å². The summed E-state index contributed by atoms with van der Waals surface area (Å²) in [7, 11) is 0. The van der Waals surface area contributed by atoms with Gasteiger partial charge in [0.1, 0.15) is 6.54 Å². The minimum atomic E-state index is -3.14. The highest BCUT2D eigenvalue weighted by Crippen LogP contribution is 2.14. The second-order valence-corrected chi connectivity index (χ2v) is 2.56. The van der Waals surface area contributed by atoms with Crippen LogP contribution in [0.1, 0.15) is 0 Å². The minimum absolute atomic E-state index is 0.686. The largest absolute Gasteiger partial charge is 0.490 e. The maximum atomic E-state index is 12.7. The molecular weight excluding hydrogens is 200 g/mol. The number of hydrogen-bond donors (Lipinski definition) is 1. The third-order valence-electron chi connectivity index (χ3n) is 1.38. The minimum Gasteiger partial charge on any atom is -0.390 e. The van der Waals surface area contributed by atoms with Crippen LogP contribution in [0.3, 0.4) is 0 Å². The predicted octanol–water partition coefficient (Wildman–Crippen LogP) is -0.220. The van der Waals surface area contributed by atoms with Crippen LogP contribution in [0.15, 0.2) is 6.33 Å². The molecule has 0 aliphatic heterocycles. The number of alkyl halides is 2. The van der Waals surface area contributed by atoms with Crippen molar-refractivity contribution in [1.29, 1.82) is 0 Å². The van der Waals surface area contributed by atoms with Crippen LogP contribution >= 0.6 is 0 Å². The molecule has 0 saturated carbocycles. The van der Waals surface area contributed by atoms with E-state index in [0.717, 1.165) is 6.33 Å². The molecule has 0 amide bonds. The van der Waals surface area contributed by atoms with Crippen LogP contribution in [0.5, 0.6) is 0 Å². The SMILES string of the molecule is NCC(F)(F)Cn1cnc([N+](=O)[O-])n1. The van der Waals surface area contributed by atoms with E-state index in [4.69, 9.17) is 5.73 Å². The van der Waals surface area contributed by atoms with Crippen LogP contribution in [-0.2, 0) is 6.54 Å². The Kier molecular flexibility index (Phi) is 2.70. The van der Waals surface area contributed by atoms with E-state index in [-0.39, 0.29) is 0 Å². The highest BCUT2D eigenvalue weighted by Gasteiger charge is 2.30. The van der Waals surface area contributed by atoms with Crippen molar-refractivity contribution in [2.75, 3.05) is 6.54 Å². The van der Waals surface area contributed by atoms with Gasteiger partial charge in [-0.2, -0.15) is 4.68 Å². The summed E-state index contributed by atoms with van der Waals surface area (Å²) in [6.07, 6.45) is 0.863. The number of rotatable bonds is 4. The Labute approximate surface area is 76.7 Å². The molecule has 0 unspecified atom stereocenters. The van der Waals surface area contributed by atoms with Gasteiger partial charge in [-0.3, -0.25) is 0 Å². The first-order valence-corrected chi connectivity index (χ1v) is 3.56. The van der Waals surface area contributed by atoms with Crippen LogP contribution < -0.4 is 5.73 Å². The second kappa shape index (κ2) is 3.62. The quantitative estimate of drug-likeness (QED) is 0.543. The Morgan fingerprint density at radius 2 is 2.36 bits per heavy atom. The van der Waals surface area contributed by atoms with E-state index in [1.165, 1.54) is 0 Å². The molecule has 0 atom stereocenters. The van der Waals surface area contributed by atoms with E-state index in [1.807, 2.05) is 0 Å². The molecular formula is C5H7F2N5O2. The lowest BCUT2D eigenvalue weighted by Crippen LogP contribution is -2.33. The molecule has 0 aliphatic carbocycles. The summed E-state index contributed by atoms with van der Waals surface area (Å²) in [6, 6.07) is 0. The van der Waals surface area contributed by atoms with Gasteiger partial charge in [-0.25, -0.2) is 8.78 Å². The molecule has 0 radical (unpaired) electrons. The van der Waals surface area contributed by atoms with Crippen LogP contribution in [0.2, 0.25) is 0 Å². The third kappa shape index (κ3) is 2.42. The highest BCUT2D eigenvalue weighted by atomic mass is 19.3. The van der Waals surface area contributed by atoms with Crippen LogP contribution in [0.4, 0.5) is 14.7 Å². The first kappa shape index (κ1) is 10.4. The Bertz CT molecular complexity index is 339. The van der Waals surface area contributed by atoms with Crippen molar-refractivity contribution in [2.24, 2.45) is 5.73 Å². The molecule has 0 spiro atoms. The molecule has 14 heavy (non-hydrogen) atoms. The van der Waals surface area contributed by atoms with Crippen LogP contribution in [0, 0.1) is 10.1 Å². The van der Waals surface area contributed by atoms with Gasteiger partial charge >= 0.3 is 5.95 Å². The fraction of sp³-hybridized carbons (Fsp3) is 0.600. The number of nitro groups is 1. The van der Waals surface area contributed by atoms with Crippen molar-refractivity contribution < 1.29 is 13.7 Å². The normalized spacial score (nSPS) is 11.6. The molecule has 78 valence electrons. The molecule has 1 aromatic heterocycles. The number of halogens is 2. The van der Waals surface area contributed by atoms with Crippen molar-refractivity contribution in [3.05, 3.63) is 16.4 Å². The zero-order valence-corrected chi connectivity index (χ0v) is 6.93. The summed E-state index contributed by atoms with van der Waals surface area (Å²) < 4.78 is 26.0. The van der Waals surface area contributed by atoms with Gasteiger partial charge in [0.25, 0.3) is 5.92 Å². The molecule has 1 aromatic rings. The molecule has 0 aromatic carbocycles. The van der Waals surface area contributed by atoms with E-state index >= 15 is 0 Å². The van der Waals surface area contributed by atoms with Crippen molar-refractivity contribution in [1.82, 2.24) is 14.8 Å². The molecule has 1 heterocycles. The topological polar surface area (TPSA) is 99.9 Å². The summed E-state index contributed by atoms with van der Waals surface area (Å²) in [6.45, 7) is -1.66. The average Bonchev–Trinajstić information content (AvgIpc) is 2.52. The molecule has 0 bridgehead atoms. The van der Waals surface area contributed by atoms with Crippen LogP contribution in [0.25, 0.3) is 0 Å². The van der Waals surface area contributed by atoms with E-state index < -0.39 is 29.9 Å². The highest BCUT2D eigenvalue weighted by molar-refractivity contribution is 4.97. The lowest BCUT2D eigenvalue weighted by Gasteiger charge is -2.10. The van der Waals surface area contributed by atoms with Gasteiger partial charge in [0.15, 0.2) is 0 Å². The molecule has 1 rings (SSSR count). The van der Waals surface area contributed by atoms with E-state index in [0.29, 0.717) is 4.68 Å². The molecule has 2 N–H and O–H groups in total. The summed E-state index contributed by atoms with van der Waals surface area (Å²) >= 11 is 0. The molecule has 9 heteroatoms. The fourth-order valence-corrected chi connectivity index (χ4v) is 0.746. The van der Waals surface area contributed by atoms with Gasteiger partial charge in [0, 0.05) is 5.10 Å². The first-order chi connectivity index (χ1) is 6.44. The standard InChI is InChI=1S/C5H7F2N5O2/c6-5(7,1-8)2-11-3-9-4(10-11)12(13)14/h3H,1-2,8H2. The number of nitrogens with two attached hydrogens (primary N) is 1. The molecule has 0 saturated heterocycles. The first-order valence-electron chi connectivity index (χ1n) is 3.56. The maximum Gasteiger partial charge on any atom is 0.490 e. The third-order valence-corrected chi connectivity index (χ3v) is 1.38. The fourth-order valence-electron chi connectivity index (χ4n) is 0.746. The lowest BCUT2D eigenvalue weighted by atomic mass is 10.3. The van der Waals surface area contributed by atoms with E-state index in [1.54, 1.807) is 0 Å². The van der Waals surface area contributed by atoms with Gasteiger partial charge in [-0.05, 0) is 4.92 Å². The van der Waals surface area contributed by atoms with Crippen molar-refractivity contribution >= 4 is 5.95 Å². The molecule has 0 aliphatic rings. The van der Waals surface area contributed by atoms with E-state index in [9.17, 15) is 18.9 Å². The molecule has 7 nitrogen and oxygen atoms in total. The maximum absolute atomic E-state index is 12.7. The lowest BCUT2D eigenvalue weighted by molar-refractivity contribution is -0.394. The zero-order valence-electron chi connectivity index (χ0n) is 6.93. The smallest absolute Gasteiger partial charge is 0.390 e. The van der Waals surface area contributed by atoms with E-state index in [2.05, 4.69) is 10.1 Å². The van der Waals surface area contributed by atoms with Gasteiger partial charge in [0.2, 0.25) is 6.33 Å². The van der Waals surface area contributed by atoms with Crippen LogP contribution in [-0.4, -0.2) is 32.2 Å². The summed E-state index contributed by atoms with van der Waals surface area (Å²) in [5.41, 5.74) is 4.78. The Morgan fingerprint density at radius 1 is 1.71 bits per heavy atom. The van der Waals surface area contributed by atoms with Crippen molar-refractivity contribution in [3.8, 4) is 0 Å². The monoisotopic (exact) mass is 207 g/mol. The average molecular weight is 207 g/mol. The summed E-state index contributed by atoms with van der Waals surface area (Å²) in [4.78, 5) is 12.5. The number of aromatic nitrogens is 3. The van der Waals surface area contributed by atoms with Gasteiger partial charge in [0.05, 0.1) is 6.54 Å². The Hall–Kier alpha value is -1.64. The Balaban J connectivity index is 2.73. The van der Waals surface area contributed by atoms with Gasteiger partial charge < -0.3 is 15.8 Å². The summed E-state index contributed by atoms with van der Waals surface area (Å²) in [5, 5.41) is 13.3. The summed E-state index contributed by atoms with van der Waals surface area (Å²) in [5.74, 6) is -3.85. The predicted molar refractivity (Wildman–Crippen MR) is 40.7 cm³/mol.